The molecule has 0 fully saturated rings. The van der Waals surface area contributed by atoms with Crippen LogP contribution in [0.4, 0.5) is 5.69 Å². The number of nitrogens with two attached hydrogens (primary N) is 1. The number of ether oxygens (including phenoxy) is 1. The predicted molar refractivity (Wildman–Crippen MR) is 73.7 cm³/mol. The van der Waals surface area contributed by atoms with Gasteiger partial charge >= 0.3 is 0 Å². The Morgan fingerprint density at radius 2 is 2.22 bits per heavy atom. The Hall–Kier alpha value is -1.75. The zero-order valence-electron chi connectivity index (χ0n) is 10.4. The lowest BCUT2D eigenvalue weighted by atomic mass is 10.3. The SMILES string of the molecule is COc1cc(C)nc(CSc2ncccc2N)c1. The van der Waals surface area contributed by atoms with Crippen molar-refractivity contribution >= 4 is 17.4 Å². The third-order valence-electron chi connectivity index (χ3n) is 2.37. The van der Waals surface area contributed by atoms with Gasteiger partial charge in [-0.15, -0.1) is 0 Å². The molecule has 18 heavy (non-hydrogen) atoms. The van der Waals surface area contributed by atoms with Crippen molar-refractivity contribution in [3.8, 4) is 5.75 Å². The van der Waals surface area contributed by atoms with Gasteiger partial charge in [-0.25, -0.2) is 4.98 Å². The van der Waals surface area contributed by atoms with Gasteiger partial charge in [0.15, 0.2) is 0 Å². The second kappa shape index (κ2) is 5.73. The van der Waals surface area contributed by atoms with Crippen LogP contribution in [0.15, 0.2) is 35.5 Å². The van der Waals surface area contributed by atoms with Crippen molar-refractivity contribution in [1.29, 1.82) is 0 Å². The average molecular weight is 261 g/mol. The van der Waals surface area contributed by atoms with Crippen molar-refractivity contribution in [3.63, 3.8) is 0 Å². The van der Waals surface area contributed by atoms with Gasteiger partial charge in [-0.2, -0.15) is 0 Å². The van der Waals surface area contributed by atoms with E-state index >= 15 is 0 Å². The molecule has 2 N–H and O–H groups in total. The lowest BCUT2D eigenvalue weighted by molar-refractivity contribution is 0.413. The summed E-state index contributed by atoms with van der Waals surface area (Å²) >= 11 is 1.57. The Morgan fingerprint density at radius 1 is 1.39 bits per heavy atom. The topological polar surface area (TPSA) is 61.0 Å². The lowest BCUT2D eigenvalue weighted by Crippen LogP contribution is -1.95. The third-order valence-corrected chi connectivity index (χ3v) is 3.43. The van der Waals surface area contributed by atoms with Gasteiger partial charge in [0.2, 0.25) is 0 Å². The highest BCUT2D eigenvalue weighted by Gasteiger charge is 2.04. The lowest BCUT2D eigenvalue weighted by Gasteiger charge is -2.06. The zero-order valence-corrected chi connectivity index (χ0v) is 11.2. The van der Waals surface area contributed by atoms with Crippen LogP contribution in [0.25, 0.3) is 0 Å². The summed E-state index contributed by atoms with van der Waals surface area (Å²) < 4.78 is 5.22. The second-order valence-corrected chi connectivity index (χ2v) is 4.79. The summed E-state index contributed by atoms with van der Waals surface area (Å²) in [5.74, 6) is 1.55. The molecule has 0 bridgehead atoms. The highest BCUT2D eigenvalue weighted by atomic mass is 32.2. The van der Waals surface area contributed by atoms with Crippen LogP contribution >= 0.6 is 11.8 Å². The van der Waals surface area contributed by atoms with Crippen LogP contribution in [-0.2, 0) is 5.75 Å². The first-order valence-electron chi connectivity index (χ1n) is 5.54. The van der Waals surface area contributed by atoms with E-state index in [9.17, 15) is 0 Å². The van der Waals surface area contributed by atoms with Gasteiger partial charge in [0.1, 0.15) is 10.8 Å². The van der Waals surface area contributed by atoms with Crippen molar-refractivity contribution in [2.24, 2.45) is 0 Å². The number of hydrogen-bond acceptors (Lipinski definition) is 5. The van der Waals surface area contributed by atoms with Crippen LogP contribution < -0.4 is 10.5 Å². The van der Waals surface area contributed by atoms with Gasteiger partial charge in [0, 0.05) is 29.8 Å². The summed E-state index contributed by atoms with van der Waals surface area (Å²) in [6, 6.07) is 7.51. The predicted octanol–water partition coefficient (Wildman–Crippen LogP) is 2.67. The van der Waals surface area contributed by atoms with Crippen LogP contribution in [0.2, 0.25) is 0 Å². The first kappa shape index (κ1) is 12.7. The molecule has 0 saturated carbocycles. The van der Waals surface area contributed by atoms with Crippen molar-refractivity contribution in [2.75, 3.05) is 12.8 Å². The van der Waals surface area contributed by atoms with Gasteiger partial charge in [0.05, 0.1) is 18.5 Å². The second-order valence-electron chi connectivity index (χ2n) is 3.83. The molecular formula is C13H15N3OS. The highest BCUT2D eigenvalue weighted by Crippen LogP contribution is 2.26. The van der Waals surface area contributed by atoms with E-state index in [1.54, 1.807) is 25.1 Å². The van der Waals surface area contributed by atoms with Gasteiger partial charge in [-0.1, -0.05) is 11.8 Å². The maximum absolute atomic E-state index is 5.84. The number of nitrogen functional groups attached to an aromatic ring is 1. The van der Waals surface area contributed by atoms with E-state index in [1.807, 2.05) is 31.2 Å². The van der Waals surface area contributed by atoms with Crippen LogP contribution in [0, 0.1) is 6.92 Å². The molecule has 0 aromatic carbocycles. The number of anilines is 1. The summed E-state index contributed by atoms with van der Waals surface area (Å²) in [7, 11) is 1.66. The van der Waals surface area contributed by atoms with Crippen molar-refractivity contribution in [3.05, 3.63) is 41.9 Å². The number of aryl methyl sites for hydroxylation is 1. The number of thioether (sulfide) groups is 1. The minimum Gasteiger partial charge on any atom is -0.497 e. The number of hydrogen-bond donors (Lipinski definition) is 1. The van der Waals surface area contributed by atoms with E-state index in [2.05, 4.69) is 9.97 Å². The Morgan fingerprint density at radius 3 is 2.94 bits per heavy atom. The molecule has 0 aliphatic heterocycles. The summed E-state index contributed by atoms with van der Waals surface area (Å²) in [5, 5.41) is 0.833. The third kappa shape index (κ3) is 3.13. The van der Waals surface area contributed by atoms with E-state index in [4.69, 9.17) is 10.5 Å². The van der Waals surface area contributed by atoms with E-state index < -0.39 is 0 Å². The summed E-state index contributed by atoms with van der Waals surface area (Å²) in [4.78, 5) is 8.69. The van der Waals surface area contributed by atoms with Crippen molar-refractivity contribution in [1.82, 2.24) is 9.97 Å². The molecule has 4 nitrogen and oxygen atoms in total. The maximum atomic E-state index is 5.84. The number of methoxy groups -OCH3 is 1. The highest BCUT2D eigenvalue weighted by molar-refractivity contribution is 7.98. The Balaban J connectivity index is 2.11. The molecule has 0 radical (unpaired) electrons. The number of nitrogens with zero attached hydrogens (tertiary/aromatic N) is 2. The summed E-state index contributed by atoms with van der Waals surface area (Å²) in [6.07, 6.45) is 1.74. The van der Waals surface area contributed by atoms with Gasteiger partial charge < -0.3 is 10.5 Å². The number of aromatic nitrogens is 2. The molecule has 0 aliphatic carbocycles. The molecule has 0 amide bonds. The molecule has 0 spiro atoms. The van der Waals surface area contributed by atoms with E-state index in [1.165, 1.54) is 0 Å². The molecular weight excluding hydrogens is 246 g/mol. The summed E-state index contributed by atoms with van der Waals surface area (Å²) in [5.41, 5.74) is 8.44. The van der Waals surface area contributed by atoms with Crippen LogP contribution in [0.1, 0.15) is 11.4 Å². The molecule has 0 unspecified atom stereocenters. The molecule has 0 atom stereocenters. The quantitative estimate of drug-likeness (QED) is 0.857. The molecule has 2 aromatic rings. The monoisotopic (exact) mass is 261 g/mol. The average Bonchev–Trinajstić information content (AvgIpc) is 2.37. The molecule has 0 aliphatic rings. The van der Waals surface area contributed by atoms with Crippen LogP contribution in [0.3, 0.4) is 0 Å². The largest absolute Gasteiger partial charge is 0.497 e. The van der Waals surface area contributed by atoms with E-state index in [-0.39, 0.29) is 0 Å². The van der Waals surface area contributed by atoms with E-state index in [0.29, 0.717) is 5.69 Å². The molecule has 0 saturated heterocycles. The van der Waals surface area contributed by atoms with Crippen LogP contribution in [-0.4, -0.2) is 17.1 Å². The zero-order chi connectivity index (χ0) is 13.0. The summed E-state index contributed by atoms with van der Waals surface area (Å²) in [6.45, 7) is 1.95. The van der Waals surface area contributed by atoms with Gasteiger partial charge in [0.25, 0.3) is 0 Å². The molecule has 2 aromatic heterocycles. The number of pyridine rings is 2. The fourth-order valence-corrected chi connectivity index (χ4v) is 2.36. The molecule has 2 rings (SSSR count). The fourth-order valence-electron chi connectivity index (χ4n) is 1.56. The molecule has 5 heteroatoms. The number of rotatable bonds is 4. The van der Waals surface area contributed by atoms with Crippen LogP contribution in [0.5, 0.6) is 5.75 Å². The Labute approximate surface area is 111 Å². The first-order valence-corrected chi connectivity index (χ1v) is 6.52. The first-order chi connectivity index (χ1) is 8.69. The van der Waals surface area contributed by atoms with Crippen molar-refractivity contribution in [2.45, 2.75) is 17.7 Å². The fraction of sp³-hybridized carbons (Fsp3) is 0.231. The Kier molecular flexibility index (Phi) is 4.04. The maximum Gasteiger partial charge on any atom is 0.122 e. The Bertz CT molecular complexity index is 546. The molecule has 2 heterocycles. The van der Waals surface area contributed by atoms with Gasteiger partial charge in [-0.3, -0.25) is 4.98 Å². The minimum absolute atomic E-state index is 0.696. The van der Waals surface area contributed by atoms with Gasteiger partial charge in [-0.05, 0) is 19.1 Å². The van der Waals surface area contributed by atoms with Crippen molar-refractivity contribution < 1.29 is 4.74 Å². The van der Waals surface area contributed by atoms with E-state index in [0.717, 1.165) is 27.9 Å². The standard InChI is InChI=1S/C13H15N3OS/c1-9-6-11(17-2)7-10(16-9)8-18-13-12(14)4-3-5-15-13/h3-7H,8,14H2,1-2H3. The molecule has 94 valence electrons. The smallest absolute Gasteiger partial charge is 0.122 e. The minimum atomic E-state index is 0.696. The normalized spacial score (nSPS) is 10.3.